The van der Waals surface area contributed by atoms with Crippen LogP contribution in [0, 0.1) is 0 Å². The number of thiocarbonyl (C=S) groups is 1. The molecular formula is C12H19N3O3S2. The summed E-state index contributed by atoms with van der Waals surface area (Å²) in [5.74, 6) is 0. The number of nitrogens with one attached hydrogen (secondary N) is 1. The van der Waals surface area contributed by atoms with Gasteiger partial charge < -0.3 is 10.5 Å². The number of rotatable bonds is 8. The molecule has 0 bridgehead atoms. The predicted octanol–water partition coefficient (Wildman–Crippen LogP) is 0.809. The second-order valence-electron chi connectivity index (χ2n) is 4.31. The number of hydrogen-bond acceptors (Lipinski definition) is 5. The number of sulfonamides is 1. The first kappa shape index (κ1) is 17.0. The summed E-state index contributed by atoms with van der Waals surface area (Å²) in [5.41, 5.74) is 5.81. The normalized spacial score (nSPS) is 13.1. The predicted molar refractivity (Wildman–Crippen MR) is 81.0 cm³/mol. The van der Waals surface area contributed by atoms with E-state index >= 15 is 0 Å². The first-order chi connectivity index (χ1) is 9.40. The molecule has 0 aromatic carbocycles. The highest BCUT2D eigenvalue weighted by atomic mass is 32.2. The zero-order valence-corrected chi connectivity index (χ0v) is 13.1. The minimum absolute atomic E-state index is 0.0784. The minimum Gasteiger partial charge on any atom is -0.388 e. The van der Waals surface area contributed by atoms with Gasteiger partial charge in [-0.2, -0.15) is 0 Å². The molecule has 1 aromatic heterocycles. The van der Waals surface area contributed by atoms with Gasteiger partial charge in [0.05, 0.1) is 12.3 Å². The lowest BCUT2D eigenvalue weighted by molar-refractivity contribution is 0.171. The lowest BCUT2D eigenvalue weighted by Gasteiger charge is -2.17. The van der Waals surface area contributed by atoms with Crippen LogP contribution in [0.1, 0.15) is 25.5 Å². The van der Waals surface area contributed by atoms with E-state index in [1.807, 2.05) is 6.92 Å². The summed E-state index contributed by atoms with van der Waals surface area (Å²) in [7, 11) is -2.09. The van der Waals surface area contributed by atoms with Crippen LogP contribution in [0.15, 0.2) is 23.2 Å². The van der Waals surface area contributed by atoms with Crippen molar-refractivity contribution in [1.82, 2.24) is 9.71 Å². The van der Waals surface area contributed by atoms with Crippen molar-refractivity contribution in [3.63, 3.8) is 0 Å². The topological polar surface area (TPSA) is 94.3 Å². The molecule has 6 nitrogen and oxygen atoms in total. The average molecular weight is 317 g/mol. The summed E-state index contributed by atoms with van der Waals surface area (Å²) < 4.78 is 32.0. The maximum absolute atomic E-state index is 12.2. The number of ether oxygens (including phenoxy) is 1. The molecule has 0 aliphatic heterocycles. The van der Waals surface area contributed by atoms with Gasteiger partial charge >= 0.3 is 0 Å². The quantitative estimate of drug-likeness (QED) is 0.689. The molecule has 1 aromatic rings. The van der Waals surface area contributed by atoms with Gasteiger partial charge in [-0.15, -0.1) is 0 Å². The van der Waals surface area contributed by atoms with Gasteiger partial charge in [-0.3, -0.25) is 4.98 Å². The van der Waals surface area contributed by atoms with Crippen molar-refractivity contribution in [2.24, 2.45) is 5.73 Å². The molecule has 0 spiro atoms. The Kier molecular flexibility index (Phi) is 6.47. The molecule has 112 valence electrons. The lowest BCUT2D eigenvalue weighted by Crippen LogP contribution is -2.38. The maximum Gasteiger partial charge on any atom is 0.242 e. The second kappa shape index (κ2) is 7.63. The third kappa shape index (κ3) is 4.78. The van der Waals surface area contributed by atoms with E-state index in [2.05, 4.69) is 9.71 Å². The van der Waals surface area contributed by atoms with Crippen LogP contribution in [-0.2, 0) is 14.8 Å². The molecule has 1 atom stereocenters. The van der Waals surface area contributed by atoms with Crippen LogP contribution < -0.4 is 10.5 Å². The summed E-state index contributed by atoms with van der Waals surface area (Å²) in [4.78, 5) is 4.14. The van der Waals surface area contributed by atoms with Crippen molar-refractivity contribution in [1.29, 1.82) is 0 Å². The van der Waals surface area contributed by atoms with Crippen molar-refractivity contribution in [2.45, 2.75) is 30.7 Å². The summed E-state index contributed by atoms with van der Waals surface area (Å²) in [6.45, 7) is 2.31. The zero-order chi connectivity index (χ0) is 15.2. The van der Waals surface area contributed by atoms with Crippen molar-refractivity contribution < 1.29 is 13.2 Å². The molecule has 0 radical (unpaired) electrons. The van der Waals surface area contributed by atoms with Crippen LogP contribution in [-0.4, -0.2) is 38.1 Å². The maximum atomic E-state index is 12.2. The van der Waals surface area contributed by atoms with Crippen LogP contribution in [0.3, 0.4) is 0 Å². The van der Waals surface area contributed by atoms with Gasteiger partial charge in [0.25, 0.3) is 0 Å². The highest BCUT2D eigenvalue weighted by Gasteiger charge is 2.20. The molecule has 20 heavy (non-hydrogen) atoms. The molecule has 0 fully saturated rings. The van der Waals surface area contributed by atoms with Gasteiger partial charge in [0.15, 0.2) is 0 Å². The zero-order valence-electron chi connectivity index (χ0n) is 11.5. The van der Waals surface area contributed by atoms with E-state index in [0.29, 0.717) is 18.7 Å². The van der Waals surface area contributed by atoms with Crippen molar-refractivity contribution in [3.8, 4) is 0 Å². The SMILES string of the molecule is CCCC(COC)NS(=O)(=O)c1ccc(C(N)=S)nc1. The van der Waals surface area contributed by atoms with E-state index in [4.69, 9.17) is 22.7 Å². The monoisotopic (exact) mass is 317 g/mol. The molecule has 0 aliphatic carbocycles. The number of aromatic nitrogens is 1. The van der Waals surface area contributed by atoms with Crippen LogP contribution in [0.5, 0.6) is 0 Å². The molecule has 3 N–H and O–H groups in total. The van der Waals surface area contributed by atoms with E-state index < -0.39 is 10.0 Å². The Bertz CT molecular complexity index is 538. The van der Waals surface area contributed by atoms with Gasteiger partial charge in [-0.05, 0) is 18.6 Å². The van der Waals surface area contributed by atoms with Gasteiger partial charge in [-0.1, -0.05) is 25.6 Å². The Morgan fingerprint density at radius 1 is 1.55 bits per heavy atom. The third-order valence-electron chi connectivity index (χ3n) is 2.63. The Balaban J connectivity index is 2.89. The van der Waals surface area contributed by atoms with E-state index in [1.54, 1.807) is 0 Å². The van der Waals surface area contributed by atoms with Crippen molar-refractivity contribution >= 4 is 27.2 Å². The van der Waals surface area contributed by atoms with Crippen molar-refractivity contribution in [3.05, 3.63) is 24.0 Å². The first-order valence-corrected chi connectivity index (χ1v) is 8.07. The fourth-order valence-electron chi connectivity index (χ4n) is 1.70. The van der Waals surface area contributed by atoms with E-state index in [9.17, 15) is 8.42 Å². The fraction of sp³-hybridized carbons (Fsp3) is 0.500. The second-order valence-corrected chi connectivity index (χ2v) is 6.46. The Labute approximate surface area is 124 Å². The standard InChI is InChI=1S/C12H19N3O3S2/c1-3-4-9(8-18-2)15-20(16,17)10-5-6-11(12(13)19)14-7-10/h5-7,9,15H,3-4,8H2,1-2H3,(H2,13,19). The third-order valence-corrected chi connectivity index (χ3v) is 4.34. The van der Waals surface area contributed by atoms with Gasteiger partial charge in [0.2, 0.25) is 10.0 Å². The van der Waals surface area contributed by atoms with Gasteiger partial charge in [-0.25, -0.2) is 13.1 Å². The number of pyridine rings is 1. The molecular weight excluding hydrogens is 298 g/mol. The molecule has 0 aliphatic rings. The largest absolute Gasteiger partial charge is 0.388 e. The number of nitrogens with two attached hydrogens (primary N) is 1. The summed E-state index contributed by atoms with van der Waals surface area (Å²) in [6.07, 6.45) is 2.80. The molecule has 1 rings (SSSR count). The van der Waals surface area contributed by atoms with Crippen LogP contribution >= 0.6 is 12.2 Å². The van der Waals surface area contributed by atoms with Crippen molar-refractivity contribution in [2.75, 3.05) is 13.7 Å². The smallest absolute Gasteiger partial charge is 0.242 e. The molecule has 0 saturated carbocycles. The molecule has 1 heterocycles. The van der Waals surface area contributed by atoms with E-state index in [-0.39, 0.29) is 15.9 Å². The molecule has 1 unspecified atom stereocenters. The van der Waals surface area contributed by atoms with Gasteiger partial charge in [0, 0.05) is 19.3 Å². The van der Waals surface area contributed by atoms with E-state index in [0.717, 1.165) is 6.42 Å². The highest BCUT2D eigenvalue weighted by molar-refractivity contribution is 7.89. The fourth-order valence-corrected chi connectivity index (χ4v) is 3.02. The molecule has 8 heteroatoms. The summed E-state index contributed by atoms with van der Waals surface area (Å²) in [5, 5.41) is 0. The van der Waals surface area contributed by atoms with Crippen LogP contribution in [0.25, 0.3) is 0 Å². The molecule has 0 saturated heterocycles. The Morgan fingerprint density at radius 2 is 2.25 bits per heavy atom. The number of methoxy groups -OCH3 is 1. The summed E-state index contributed by atoms with van der Waals surface area (Å²) >= 11 is 4.77. The first-order valence-electron chi connectivity index (χ1n) is 6.17. The number of hydrogen-bond donors (Lipinski definition) is 2. The molecule has 0 amide bonds. The average Bonchev–Trinajstić information content (AvgIpc) is 2.39. The number of nitrogens with zero attached hydrogens (tertiary/aromatic N) is 1. The summed E-state index contributed by atoms with van der Waals surface area (Å²) in [6, 6.07) is 2.66. The van der Waals surface area contributed by atoms with Gasteiger partial charge in [0.1, 0.15) is 9.88 Å². The highest BCUT2D eigenvalue weighted by Crippen LogP contribution is 2.10. The minimum atomic E-state index is -3.62. The van der Waals surface area contributed by atoms with Crippen LogP contribution in [0.4, 0.5) is 0 Å². The Hall–Kier alpha value is -1.09. The van der Waals surface area contributed by atoms with E-state index in [1.165, 1.54) is 25.4 Å². The lowest BCUT2D eigenvalue weighted by atomic mass is 10.2. The van der Waals surface area contributed by atoms with Crippen LogP contribution in [0.2, 0.25) is 0 Å². The Morgan fingerprint density at radius 3 is 2.70 bits per heavy atom.